The summed E-state index contributed by atoms with van der Waals surface area (Å²) in [4.78, 5) is 9.64. The number of hydrogen-bond acceptors (Lipinski definition) is 3. The molecule has 1 N–H and O–H groups in total. The summed E-state index contributed by atoms with van der Waals surface area (Å²) in [6, 6.07) is 4.88. The van der Waals surface area contributed by atoms with E-state index in [0.29, 0.717) is 11.6 Å². The fourth-order valence-electron chi connectivity index (χ4n) is 1.71. The first-order valence-corrected chi connectivity index (χ1v) is 6.07. The number of nitro benzene ring substituents is 1. The van der Waals surface area contributed by atoms with Crippen LogP contribution in [0.5, 0.6) is 0 Å². The van der Waals surface area contributed by atoms with E-state index >= 15 is 0 Å². The number of benzene rings is 2. The van der Waals surface area contributed by atoms with Gasteiger partial charge in [-0.05, 0) is 17.7 Å². The van der Waals surface area contributed by atoms with Gasteiger partial charge in [0.2, 0.25) is 5.82 Å². The zero-order chi connectivity index (χ0) is 15.6. The first kappa shape index (κ1) is 15.1. The molecule has 2 rings (SSSR count). The maximum atomic E-state index is 13.5. The molecule has 0 aliphatic rings. The van der Waals surface area contributed by atoms with Crippen LogP contribution in [-0.2, 0) is 6.54 Å². The Morgan fingerprint density at radius 3 is 2.43 bits per heavy atom. The van der Waals surface area contributed by atoms with Crippen molar-refractivity contribution in [1.29, 1.82) is 0 Å². The van der Waals surface area contributed by atoms with Gasteiger partial charge in [0.25, 0.3) is 0 Å². The molecule has 8 heteroatoms. The van der Waals surface area contributed by atoms with E-state index < -0.39 is 28.1 Å². The lowest BCUT2D eigenvalue weighted by Crippen LogP contribution is -2.04. The molecule has 0 radical (unpaired) electrons. The van der Waals surface area contributed by atoms with Crippen molar-refractivity contribution in [3.8, 4) is 0 Å². The van der Waals surface area contributed by atoms with Crippen molar-refractivity contribution < 1.29 is 18.1 Å². The predicted octanol–water partition coefficient (Wildman–Crippen LogP) is 4.28. The Hall–Kier alpha value is -2.28. The van der Waals surface area contributed by atoms with E-state index in [0.717, 1.165) is 18.2 Å². The standard InChI is InChI=1S/C13H8ClF3N2O2/c14-9-4-8(15)5-11(17)13(9)18-6-7-1-2-12(19(20)21)10(16)3-7/h1-5,18H,6H2. The minimum Gasteiger partial charge on any atom is -0.377 e. The van der Waals surface area contributed by atoms with E-state index in [2.05, 4.69) is 5.32 Å². The topological polar surface area (TPSA) is 55.2 Å². The average molecular weight is 317 g/mol. The fraction of sp³-hybridized carbons (Fsp3) is 0.0769. The minimum atomic E-state index is -0.995. The summed E-state index contributed by atoms with van der Waals surface area (Å²) in [5, 5.41) is 12.9. The van der Waals surface area contributed by atoms with Gasteiger partial charge in [-0.25, -0.2) is 8.78 Å². The Morgan fingerprint density at radius 2 is 1.86 bits per heavy atom. The summed E-state index contributed by atoms with van der Waals surface area (Å²) in [6.07, 6.45) is 0. The van der Waals surface area contributed by atoms with Gasteiger partial charge >= 0.3 is 5.69 Å². The van der Waals surface area contributed by atoms with Crippen molar-refractivity contribution in [2.45, 2.75) is 6.54 Å². The largest absolute Gasteiger partial charge is 0.377 e. The van der Waals surface area contributed by atoms with Crippen molar-refractivity contribution in [1.82, 2.24) is 0 Å². The van der Waals surface area contributed by atoms with Crippen LogP contribution in [0, 0.1) is 27.6 Å². The highest BCUT2D eigenvalue weighted by molar-refractivity contribution is 6.33. The third-order valence-corrected chi connectivity index (χ3v) is 2.98. The number of nitrogens with one attached hydrogen (secondary N) is 1. The quantitative estimate of drug-likeness (QED) is 0.676. The predicted molar refractivity (Wildman–Crippen MR) is 71.7 cm³/mol. The summed E-state index contributed by atoms with van der Waals surface area (Å²) >= 11 is 5.69. The summed E-state index contributed by atoms with van der Waals surface area (Å²) in [5.41, 5.74) is -0.431. The molecule has 0 fully saturated rings. The molecule has 0 unspecified atom stereocenters. The second-order valence-corrected chi connectivity index (χ2v) is 4.55. The molecule has 0 saturated carbocycles. The van der Waals surface area contributed by atoms with Crippen LogP contribution in [0.2, 0.25) is 5.02 Å². The summed E-state index contributed by atoms with van der Waals surface area (Å²) in [7, 11) is 0. The molecule has 0 saturated heterocycles. The molecule has 2 aromatic rings. The lowest BCUT2D eigenvalue weighted by atomic mass is 10.2. The third-order valence-electron chi connectivity index (χ3n) is 2.68. The smallest absolute Gasteiger partial charge is 0.304 e. The molecule has 2 aromatic carbocycles. The van der Waals surface area contributed by atoms with Gasteiger partial charge in [-0.2, -0.15) is 4.39 Å². The Kier molecular flexibility index (Phi) is 4.32. The summed E-state index contributed by atoms with van der Waals surface area (Å²) < 4.78 is 39.8. The molecular weight excluding hydrogens is 309 g/mol. The first-order valence-electron chi connectivity index (χ1n) is 5.69. The average Bonchev–Trinajstić information content (AvgIpc) is 2.36. The summed E-state index contributed by atoms with van der Waals surface area (Å²) in [5.74, 6) is -2.70. The van der Waals surface area contributed by atoms with Crippen LogP contribution in [0.15, 0.2) is 30.3 Å². The van der Waals surface area contributed by atoms with Crippen molar-refractivity contribution >= 4 is 23.0 Å². The zero-order valence-electron chi connectivity index (χ0n) is 10.4. The minimum absolute atomic E-state index is 0.0306. The van der Waals surface area contributed by atoms with Crippen molar-refractivity contribution in [2.75, 3.05) is 5.32 Å². The molecule has 0 aliphatic heterocycles. The van der Waals surface area contributed by atoms with Gasteiger partial charge in [-0.1, -0.05) is 17.7 Å². The van der Waals surface area contributed by atoms with Crippen molar-refractivity contribution in [2.24, 2.45) is 0 Å². The number of nitrogens with zero attached hydrogens (tertiary/aromatic N) is 1. The van der Waals surface area contributed by atoms with E-state index in [1.54, 1.807) is 0 Å². The van der Waals surface area contributed by atoms with Crippen LogP contribution in [0.4, 0.5) is 24.5 Å². The molecule has 0 aliphatic carbocycles. The van der Waals surface area contributed by atoms with Gasteiger partial charge < -0.3 is 5.32 Å². The van der Waals surface area contributed by atoms with Crippen LogP contribution in [0.3, 0.4) is 0 Å². The second kappa shape index (κ2) is 6.01. The molecule has 0 heterocycles. The van der Waals surface area contributed by atoms with Crippen LogP contribution in [0.25, 0.3) is 0 Å². The van der Waals surface area contributed by atoms with Gasteiger partial charge in [0.05, 0.1) is 15.6 Å². The van der Waals surface area contributed by atoms with Crippen LogP contribution >= 0.6 is 11.6 Å². The Bertz CT molecular complexity index is 687. The van der Waals surface area contributed by atoms with Crippen molar-refractivity contribution in [3.05, 3.63) is 68.5 Å². The van der Waals surface area contributed by atoms with E-state index in [9.17, 15) is 23.3 Å². The van der Waals surface area contributed by atoms with E-state index in [1.807, 2.05) is 0 Å². The van der Waals surface area contributed by atoms with Gasteiger partial charge in [-0.3, -0.25) is 10.1 Å². The second-order valence-electron chi connectivity index (χ2n) is 4.14. The first-order chi connectivity index (χ1) is 9.88. The highest BCUT2D eigenvalue weighted by Gasteiger charge is 2.14. The Morgan fingerprint density at radius 1 is 1.14 bits per heavy atom. The Labute approximate surface area is 122 Å². The molecule has 110 valence electrons. The molecule has 0 aromatic heterocycles. The van der Waals surface area contributed by atoms with E-state index in [-0.39, 0.29) is 17.3 Å². The van der Waals surface area contributed by atoms with Gasteiger partial charge in [0, 0.05) is 18.7 Å². The van der Waals surface area contributed by atoms with E-state index in [1.165, 1.54) is 6.07 Å². The molecule has 0 bridgehead atoms. The number of nitro groups is 1. The van der Waals surface area contributed by atoms with Gasteiger partial charge in [0.1, 0.15) is 5.82 Å². The molecule has 21 heavy (non-hydrogen) atoms. The number of anilines is 1. The number of hydrogen-bond donors (Lipinski definition) is 1. The molecule has 4 nitrogen and oxygen atoms in total. The molecule has 0 spiro atoms. The van der Waals surface area contributed by atoms with Gasteiger partial charge in [-0.15, -0.1) is 0 Å². The normalized spacial score (nSPS) is 10.5. The maximum absolute atomic E-state index is 13.5. The van der Waals surface area contributed by atoms with Crippen LogP contribution in [0.1, 0.15) is 5.56 Å². The lowest BCUT2D eigenvalue weighted by Gasteiger charge is -2.10. The summed E-state index contributed by atoms with van der Waals surface area (Å²) in [6.45, 7) is -0.0306. The third kappa shape index (κ3) is 3.43. The fourth-order valence-corrected chi connectivity index (χ4v) is 1.97. The monoisotopic (exact) mass is 316 g/mol. The molecule has 0 atom stereocenters. The van der Waals surface area contributed by atoms with Gasteiger partial charge in [0.15, 0.2) is 5.82 Å². The van der Waals surface area contributed by atoms with Crippen molar-refractivity contribution in [3.63, 3.8) is 0 Å². The lowest BCUT2D eigenvalue weighted by molar-refractivity contribution is -0.387. The molecular formula is C13H8ClF3N2O2. The van der Waals surface area contributed by atoms with E-state index in [4.69, 9.17) is 11.6 Å². The SMILES string of the molecule is O=[N+]([O-])c1ccc(CNc2c(F)cc(F)cc2Cl)cc1F. The number of rotatable bonds is 4. The van der Waals surface area contributed by atoms with Crippen LogP contribution in [-0.4, -0.2) is 4.92 Å². The maximum Gasteiger partial charge on any atom is 0.304 e. The highest BCUT2D eigenvalue weighted by Crippen LogP contribution is 2.27. The highest BCUT2D eigenvalue weighted by atomic mass is 35.5. The molecule has 0 amide bonds. The zero-order valence-corrected chi connectivity index (χ0v) is 11.1. The Balaban J connectivity index is 2.17. The number of halogens is 4. The van der Waals surface area contributed by atoms with Crippen LogP contribution < -0.4 is 5.32 Å².